The first-order chi connectivity index (χ1) is 6.99. The largest absolute Gasteiger partial charge is 0.311 e. The zero-order valence-electron chi connectivity index (χ0n) is 10.2. The van der Waals surface area contributed by atoms with Gasteiger partial charge in [0.2, 0.25) is 0 Å². The van der Waals surface area contributed by atoms with E-state index in [-0.39, 0.29) is 5.54 Å². The Bertz CT molecular complexity index is 286. The smallest absolute Gasteiger partial charge is 0.0302 e. The van der Waals surface area contributed by atoms with Crippen molar-refractivity contribution in [3.05, 3.63) is 21.9 Å². The van der Waals surface area contributed by atoms with Crippen LogP contribution in [0.15, 0.2) is 11.4 Å². The van der Waals surface area contributed by atoms with E-state index in [0.29, 0.717) is 0 Å². The van der Waals surface area contributed by atoms with Gasteiger partial charge in [0.15, 0.2) is 0 Å². The van der Waals surface area contributed by atoms with Crippen molar-refractivity contribution in [2.75, 3.05) is 13.1 Å². The lowest BCUT2D eigenvalue weighted by molar-refractivity contribution is 0.421. The summed E-state index contributed by atoms with van der Waals surface area (Å²) >= 11 is 1.83. The van der Waals surface area contributed by atoms with Crippen LogP contribution in [0.5, 0.6) is 0 Å². The van der Waals surface area contributed by atoms with E-state index >= 15 is 0 Å². The molecule has 2 N–H and O–H groups in total. The quantitative estimate of drug-likeness (QED) is 0.754. The van der Waals surface area contributed by atoms with Crippen molar-refractivity contribution < 1.29 is 0 Å². The van der Waals surface area contributed by atoms with E-state index in [1.165, 1.54) is 10.4 Å². The first-order valence-electron chi connectivity index (χ1n) is 5.48. The van der Waals surface area contributed by atoms with Crippen LogP contribution in [-0.2, 0) is 6.54 Å². The summed E-state index contributed by atoms with van der Waals surface area (Å²) in [6, 6.07) is 2.18. The lowest BCUT2D eigenvalue weighted by Gasteiger charge is -2.20. The van der Waals surface area contributed by atoms with Crippen LogP contribution >= 0.6 is 11.3 Å². The summed E-state index contributed by atoms with van der Waals surface area (Å²) in [4.78, 5) is 1.45. The molecule has 2 nitrogen and oxygen atoms in total. The fourth-order valence-electron chi connectivity index (χ4n) is 1.31. The molecular weight excluding hydrogens is 204 g/mol. The molecule has 0 aliphatic carbocycles. The molecule has 1 aromatic heterocycles. The molecule has 0 saturated carbocycles. The second-order valence-corrected chi connectivity index (χ2v) is 5.88. The van der Waals surface area contributed by atoms with Gasteiger partial charge in [-0.1, -0.05) is 0 Å². The summed E-state index contributed by atoms with van der Waals surface area (Å²) in [7, 11) is 0. The molecule has 0 aromatic carbocycles. The van der Waals surface area contributed by atoms with Crippen molar-refractivity contribution >= 4 is 11.3 Å². The molecule has 15 heavy (non-hydrogen) atoms. The van der Waals surface area contributed by atoms with Crippen LogP contribution in [0.2, 0.25) is 0 Å². The lowest BCUT2D eigenvalue weighted by atomic mass is 10.1. The monoisotopic (exact) mass is 226 g/mol. The van der Waals surface area contributed by atoms with E-state index in [9.17, 15) is 0 Å². The predicted octanol–water partition coefficient (Wildman–Crippen LogP) is 2.53. The number of hydrogen-bond acceptors (Lipinski definition) is 3. The van der Waals surface area contributed by atoms with Crippen molar-refractivity contribution in [2.24, 2.45) is 0 Å². The van der Waals surface area contributed by atoms with E-state index in [4.69, 9.17) is 0 Å². The second kappa shape index (κ2) is 5.64. The fourth-order valence-corrected chi connectivity index (χ4v) is 2.19. The molecule has 0 fully saturated rings. The molecule has 3 heteroatoms. The van der Waals surface area contributed by atoms with Crippen molar-refractivity contribution in [3.63, 3.8) is 0 Å². The Hall–Kier alpha value is -0.380. The molecule has 1 rings (SSSR count). The average molecular weight is 226 g/mol. The van der Waals surface area contributed by atoms with Crippen molar-refractivity contribution in [2.45, 2.75) is 39.8 Å². The highest BCUT2D eigenvalue weighted by atomic mass is 32.1. The SMILES string of the molecule is Cc1ccsc1CNCCNC(C)(C)C. The third kappa shape index (κ3) is 5.30. The van der Waals surface area contributed by atoms with E-state index in [0.717, 1.165) is 19.6 Å². The van der Waals surface area contributed by atoms with Gasteiger partial charge < -0.3 is 10.6 Å². The number of hydrogen-bond donors (Lipinski definition) is 2. The summed E-state index contributed by atoms with van der Waals surface area (Å²) < 4.78 is 0. The standard InChI is InChI=1S/C12H22N2S/c1-10-5-8-15-11(10)9-13-6-7-14-12(2,3)4/h5,8,13-14H,6-7,9H2,1-4H3. The highest BCUT2D eigenvalue weighted by Crippen LogP contribution is 2.14. The van der Waals surface area contributed by atoms with Crippen LogP contribution in [0.1, 0.15) is 31.2 Å². The van der Waals surface area contributed by atoms with Crippen LogP contribution in [-0.4, -0.2) is 18.6 Å². The van der Waals surface area contributed by atoms with Gasteiger partial charge >= 0.3 is 0 Å². The maximum atomic E-state index is 3.46. The van der Waals surface area contributed by atoms with Crippen molar-refractivity contribution in [1.29, 1.82) is 0 Å². The summed E-state index contributed by atoms with van der Waals surface area (Å²) in [5, 5.41) is 9.06. The zero-order valence-corrected chi connectivity index (χ0v) is 11.0. The summed E-state index contributed by atoms with van der Waals surface area (Å²) in [6.07, 6.45) is 0. The Morgan fingerprint density at radius 1 is 1.27 bits per heavy atom. The Kier molecular flexibility index (Phi) is 4.77. The summed E-state index contributed by atoms with van der Waals surface area (Å²) in [5.41, 5.74) is 1.62. The van der Waals surface area contributed by atoms with Crippen LogP contribution in [0.4, 0.5) is 0 Å². The van der Waals surface area contributed by atoms with Gasteiger partial charge in [-0.15, -0.1) is 11.3 Å². The minimum Gasteiger partial charge on any atom is -0.311 e. The van der Waals surface area contributed by atoms with E-state index in [1.807, 2.05) is 11.3 Å². The zero-order chi connectivity index (χ0) is 11.3. The molecular formula is C12H22N2S. The first-order valence-corrected chi connectivity index (χ1v) is 6.36. The maximum absolute atomic E-state index is 3.46. The summed E-state index contributed by atoms with van der Waals surface area (Å²) in [6.45, 7) is 11.8. The molecule has 0 aliphatic heterocycles. The molecule has 0 aliphatic rings. The molecule has 0 radical (unpaired) electrons. The van der Waals surface area contributed by atoms with Crippen LogP contribution in [0.25, 0.3) is 0 Å². The van der Waals surface area contributed by atoms with E-state index < -0.39 is 0 Å². The Labute approximate surface area is 97.1 Å². The second-order valence-electron chi connectivity index (χ2n) is 4.88. The number of rotatable bonds is 5. The lowest BCUT2D eigenvalue weighted by Crippen LogP contribution is -2.40. The molecule has 1 heterocycles. The van der Waals surface area contributed by atoms with Gasteiger partial charge in [-0.05, 0) is 44.7 Å². The Balaban J connectivity index is 2.10. The minimum atomic E-state index is 0.223. The van der Waals surface area contributed by atoms with Gasteiger partial charge in [0.1, 0.15) is 0 Å². The first kappa shape index (κ1) is 12.7. The normalized spacial score (nSPS) is 12.0. The highest BCUT2D eigenvalue weighted by molar-refractivity contribution is 7.10. The average Bonchev–Trinajstić information content (AvgIpc) is 2.49. The van der Waals surface area contributed by atoms with E-state index in [1.54, 1.807) is 0 Å². The molecule has 0 atom stereocenters. The molecule has 1 aromatic rings. The van der Waals surface area contributed by atoms with Crippen molar-refractivity contribution in [1.82, 2.24) is 10.6 Å². The number of nitrogens with one attached hydrogen (secondary N) is 2. The Morgan fingerprint density at radius 2 is 2.00 bits per heavy atom. The number of thiophene rings is 1. The number of aryl methyl sites for hydroxylation is 1. The third-order valence-electron chi connectivity index (χ3n) is 2.21. The van der Waals surface area contributed by atoms with Crippen LogP contribution in [0, 0.1) is 6.92 Å². The third-order valence-corrected chi connectivity index (χ3v) is 3.23. The predicted molar refractivity (Wildman–Crippen MR) is 68.5 cm³/mol. The topological polar surface area (TPSA) is 24.1 Å². The molecule has 0 spiro atoms. The van der Waals surface area contributed by atoms with Gasteiger partial charge in [0.25, 0.3) is 0 Å². The van der Waals surface area contributed by atoms with Gasteiger partial charge in [-0.2, -0.15) is 0 Å². The molecule has 0 bridgehead atoms. The highest BCUT2D eigenvalue weighted by Gasteiger charge is 2.06. The van der Waals surface area contributed by atoms with Gasteiger partial charge in [-0.25, -0.2) is 0 Å². The summed E-state index contributed by atoms with van der Waals surface area (Å²) in [5.74, 6) is 0. The molecule has 0 amide bonds. The van der Waals surface area contributed by atoms with E-state index in [2.05, 4.69) is 49.8 Å². The van der Waals surface area contributed by atoms with Gasteiger partial charge in [0, 0.05) is 30.1 Å². The fraction of sp³-hybridized carbons (Fsp3) is 0.667. The Morgan fingerprint density at radius 3 is 2.53 bits per heavy atom. The molecule has 0 unspecified atom stereocenters. The van der Waals surface area contributed by atoms with Gasteiger partial charge in [0.05, 0.1) is 0 Å². The molecule has 86 valence electrons. The van der Waals surface area contributed by atoms with Crippen LogP contribution in [0.3, 0.4) is 0 Å². The van der Waals surface area contributed by atoms with Crippen LogP contribution < -0.4 is 10.6 Å². The minimum absolute atomic E-state index is 0.223. The molecule has 0 saturated heterocycles. The van der Waals surface area contributed by atoms with Crippen molar-refractivity contribution in [3.8, 4) is 0 Å². The van der Waals surface area contributed by atoms with Gasteiger partial charge in [-0.3, -0.25) is 0 Å². The maximum Gasteiger partial charge on any atom is 0.0302 e.